The number of halogens is 4. The van der Waals surface area contributed by atoms with Crippen LogP contribution in [0, 0.1) is 11.6 Å². The van der Waals surface area contributed by atoms with Gasteiger partial charge in [0.1, 0.15) is 23.8 Å². The van der Waals surface area contributed by atoms with Crippen molar-refractivity contribution in [1.29, 1.82) is 0 Å². The Labute approximate surface area is 235 Å². The molecule has 3 aromatic heterocycles. The van der Waals surface area contributed by atoms with Crippen molar-refractivity contribution in [2.75, 3.05) is 30.8 Å². The molecule has 42 heavy (non-hydrogen) atoms. The van der Waals surface area contributed by atoms with Gasteiger partial charge in [0.2, 0.25) is 0 Å². The molecule has 0 saturated carbocycles. The molecule has 4 aromatic rings. The van der Waals surface area contributed by atoms with Gasteiger partial charge in [0, 0.05) is 24.7 Å². The molecule has 1 aliphatic heterocycles. The minimum Gasteiger partial charge on any atom is -0.437 e. The first kappa shape index (κ1) is 28.9. The summed E-state index contributed by atoms with van der Waals surface area (Å²) in [4.78, 5) is 29.8. The summed E-state index contributed by atoms with van der Waals surface area (Å²) in [5, 5.41) is 10.2. The molecule has 0 aliphatic carbocycles. The van der Waals surface area contributed by atoms with Crippen molar-refractivity contribution in [3.8, 4) is 17.0 Å². The molecule has 0 amide bonds. The number of methoxy groups -OCH3 is 1. The van der Waals surface area contributed by atoms with E-state index in [9.17, 15) is 23.1 Å². The Bertz CT molecular complexity index is 1640. The Hall–Kier alpha value is -4.57. The normalized spacial score (nSPS) is 18.0. The number of anilines is 2. The van der Waals surface area contributed by atoms with Crippen molar-refractivity contribution in [1.82, 2.24) is 24.5 Å². The average molecular weight is 591 g/mol. The Morgan fingerprint density at radius 2 is 1.95 bits per heavy atom. The highest BCUT2D eigenvalue weighted by Gasteiger charge is 2.43. The SMILES string of the molecule is COC(=O)Oc1cc(F)c(-c2cc(Cn3cnc4c(N)ncnc43)c(N3CCC[C@@](N)([C@H](O)C(F)F)C3)cn2)cc1F. The van der Waals surface area contributed by atoms with Crippen molar-refractivity contribution in [2.45, 2.75) is 37.5 Å². The number of piperidine rings is 1. The van der Waals surface area contributed by atoms with Gasteiger partial charge in [-0.05, 0) is 30.5 Å². The summed E-state index contributed by atoms with van der Waals surface area (Å²) >= 11 is 0. The summed E-state index contributed by atoms with van der Waals surface area (Å²) in [5.41, 5.74) is 12.1. The van der Waals surface area contributed by atoms with Crippen molar-refractivity contribution in [3.05, 3.63) is 54.2 Å². The number of benzene rings is 1. The predicted octanol–water partition coefficient (Wildman–Crippen LogP) is 2.87. The molecule has 1 saturated heterocycles. The Morgan fingerprint density at radius 1 is 1.17 bits per heavy atom. The third-order valence-electron chi connectivity index (χ3n) is 7.12. The largest absolute Gasteiger partial charge is 0.513 e. The second-order valence-corrected chi connectivity index (χ2v) is 9.86. The molecule has 0 spiro atoms. The van der Waals surface area contributed by atoms with Crippen LogP contribution in [0.4, 0.5) is 33.9 Å². The summed E-state index contributed by atoms with van der Waals surface area (Å²) in [6.45, 7) is 0.372. The van der Waals surface area contributed by atoms with Crippen LogP contribution >= 0.6 is 0 Å². The second kappa shape index (κ2) is 11.4. The van der Waals surface area contributed by atoms with E-state index in [4.69, 9.17) is 11.5 Å². The first-order valence-electron chi connectivity index (χ1n) is 12.7. The molecule has 16 heteroatoms. The van der Waals surface area contributed by atoms with E-state index in [1.807, 2.05) is 0 Å². The lowest BCUT2D eigenvalue weighted by molar-refractivity contribution is -0.0529. The zero-order chi connectivity index (χ0) is 30.2. The molecular formula is C26H26F4N8O4. The van der Waals surface area contributed by atoms with E-state index in [0.29, 0.717) is 41.4 Å². The maximum Gasteiger partial charge on any atom is 0.513 e. The highest BCUT2D eigenvalue weighted by molar-refractivity contribution is 5.81. The van der Waals surface area contributed by atoms with Crippen LogP contribution in [0.25, 0.3) is 22.4 Å². The molecule has 5 N–H and O–H groups in total. The molecule has 0 bridgehead atoms. The zero-order valence-electron chi connectivity index (χ0n) is 22.2. The number of carbonyl (C=O) groups excluding carboxylic acids is 1. The van der Waals surface area contributed by atoms with Crippen molar-refractivity contribution in [3.63, 3.8) is 0 Å². The van der Waals surface area contributed by atoms with Crippen molar-refractivity contribution >= 4 is 28.8 Å². The first-order chi connectivity index (χ1) is 20.0. The number of nitrogens with two attached hydrogens (primary N) is 2. The van der Waals surface area contributed by atoms with E-state index in [1.165, 1.54) is 24.9 Å². The Kier molecular flexibility index (Phi) is 7.83. The average Bonchev–Trinajstić information content (AvgIpc) is 3.38. The van der Waals surface area contributed by atoms with E-state index >= 15 is 4.39 Å². The monoisotopic (exact) mass is 590 g/mol. The molecule has 5 rings (SSSR count). The van der Waals surface area contributed by atoms with Crippen LogP contribution in [-0.4, -0.2) is 74.0 Å². The van der Waals surface area contributed by atoms with Gasteiger partial charge in [0.15, 0.2) is 23.0 Å². The van der Waals surface area contributed by atoms with Crippen LogP contribution in [0.2, 0.25) is 0 Å². The number of aromatic nitrogens is 5. The standard InChI is InChI=1S/C26H26F4N8O4/c1-41-25(40)42-19-7-15(27)14(6-16(19)28)17-5-13(9-38-12-36-20-23(31)34-11-35-24(20)38)18(8-33-17)37-4-2-3-26(32,10-37)21(39)22(29)30/h5-8,11-12,21-22,39H,2-4,9-10,32H2,1H3,(H2,31,34,35)/t21-,26+/m1/s1. The summed E-state index contributed by atoms with van der Waals surface area (Å²) in [5.74, 6) is -2.49. The molecule has 1 aliphatic rings. The fourth-order valence-electron chi connectivity index (χ4n) is 4.99. The lowest BCUT2D eigenvalue weighted by Crippen LogP contribution is -2.63. The zero-order valence-corrected chi connectivity index (χ0v) is 22.2. The Morgan fingerprint density at radius 3 is 2.69 bits per heavy atom. The molecule has 12 nitrogen and oxygen atoms in total. The lowest BCUT2D eigenvalue weighted by atomic mass is 9.84. The van der Waals surface area contributed by atoms with Gasteiger partial charge >= 0.3 is 6.16 Å². The molecule has 4 heterocycles. The lowest BCUT2D eigenvalue weighted by Gasteiger charge is -2.44. The van der Waals surface area contributed by atoms with Crippen molar-refractivity contribution in [2.24, 2.45) is 5.73 Å². The fraction of sp³-hybridized carbons (Fsp3) is 0.346. The van der Waals surface area contributed by atoms with Gasteiger partial charge in [-0.2, -0.15) is 0 Å². The number of pyridine rings is 1. The van der Waals surface area contributed by atoms with Crippen molar-refractivity contribution < 1.29 is 36.9 Å². The minimum absolute atomic E-state index is 0.0250. The second-order valence-electron chi connectivity index (χ2n) is 9.86. The van der Waals surface area contributed by atoms with Gasteiger partial charge in [0.05, 0.1) is 43.1 Å². The molecule has 222 valence electrons. The van der Waals surface area contributed by atoms with Crippen LogP contribution in [0.1, 0.15) is 18.4 Å². The van der Waals surface area contributed by atoms with Crippen LogP contribution in [0.3, 0.4) is 0 Å². The van der Waals surface area contributed by atoms with Gasteiger partial charge in [-0.15, -0.1) is 0 Å². The third-order valence-corrected chi connectivity index (χ3v) is 7.12. The number of fused-ring (bicyclic) bond motifs is 1. The molecule has 1 aromatic carbocycles. The maximum atomic E-state index is 15.1. The molecule has 1 fully saturated rings. The van der Waals surface area contributed by atoms with Gasteiger partial charge in [-0.25, -0.2) is 37.3 Å². The number of aliphatic hydroxyl groups excluding tert-OH is 1. The number of alkyl halides is 2. The number of rotatable bonds is 7. The van der Waals surface area contributed by atoms with Gasteiger partial charge < -0.3 is 35.5 Å². The van der Waals surface area contributed by atoms with Crippen LogP contribution in [0.5, 0.6) is 5.75 Å². The van der Waals surface area contributed by atoms with E-state index < -0.39 is 41.6 Å². The molecule has 0 radical (unpaired) electrons. The Balaban J connectivity index is 1.58. The quantitative estimate of drug-likeness (QED) is 0.164. The molecular weight excluding hydrogens is 564 g/mol. The minimum atomic E-state index is -3.04. The number of nitrogen functional groups attached to an aromatic ring is 1. The maximum absolute atomic E-state index is 15.1. The van der Waals surface area contributed by atoms with Gasteiger partial charge in [-0.1, -0.05) is 0 Å². The van der Waals surface area contributed by atoms with Crippen LogP contribution < -0.4 is 21.1 Å². The number of imidazole rings is 1. The number of carbonyl (C=O) groups is 1. The fourth-order valence-corrected chi connectivity index (χ4v) is 4.99. The molecule has 2 atom stereocenters. The van der Waals surface area contributed by atoms with E-state index in [1.54, 1.807) is 9.47 Å². The summed E-state index contributed by atoms with van der Waals surface area (Å²) in [6, 6.07) is 3.02. The number of hydrogen-bond donors (Lipinski definition) is 3. The highest BCUT2D eigenvalue weighted by atomic mass is 19.3. The first-order valence-corrected chi connectivity index (χ1v) is 12.7. The topological polar surface area (TPSA) is 168 Å². The molecule has 0 unspecified atom stereocenters. The summed E-state index contributed by atoms with van der Waals surface area (Å²) < 4.78 is 67.4. The number of nitrogens with zero attached hydrogens (tertiary/aromatic N) is 6. The van der Waals surface area contributed by atoms with E-state index in [-0.39, 0.29) is 36.6 Å². The number of aliphatic hydroxyl groups is 1. The van der Waals surface area contributed by atoms with Crippen LogP contribution in [0.15, 0.2) is 37.1 Å². The number of ether oxygens (including phenoxy) is 2. The smallest absolute Gasteiger partial charge is 0.437 e. The third kappa shape index (κ3) is 5.49. The van der Waals surface area contributed by atoms with Gasteiger partial charge in [0.25, 0.3) is 6.43 Å². The van der Waals surface area contributed by atoms with E-state index in [2.05, 4.69) is 29.4 Å². The predicted molar refractivity (Wildman–Crippen MR) is 142 cm³/mol. The number of hydrogen-bond acceptors (Lipinski definition) is 11. The summed E-state index contributed by atoms with van der Waals surface area (Å²) in [7, 11) is 1.02. The van der Waals surface area contributed by atoms with E-state index in [0.717, 1.165) is 13.2 Å². The van der Waals surface area contributed by atoms with Gasteiger partial charge in [-0.3, -0.25) is 4.98 Å². The summed E-state index contributed by atoms with van der Waals surface area (Å²) in [6.07, 6.45) is -1.62. The highest BCUT2D eigenvalue weighted by Crippen LogP contribution is 2.35. The van der Waals surface area contributed by atoms with Crippen LogP contribution in [-0.2, 0) is 11.3 Å².